The topological polar surface area (TPSA) is 86.4 Å². The average Bonchev–Trinajstić information content (AvgIpc) is 3.14. The minimum atomic E-state index is -4.55. The normalized spacial score (nSPS) is 18.4. The number of aromatic nitrogens is 1. The molecule has 33 heavy (non-hydrogen) atoms. The Balaban J connectivity index is 1.57. The molecule has 2 aromatic heterocycles. The SMILES string of the molecule is Cc1ccc(N2C(=O)Nc3c(C(=O)N[C@@H]4CCCNC4)sc4nccc2c34)cc1C(F)(F)F. The van der Waals surface area contributed by atoms with Gasteiger partial charge in [-0.15, -0.1) is 11.3 Å². The summed E-state index contributed by atoms with van der Waals surface area (Å²) in [5.41, 5.74) is 0.0505. The monoisotopic (exact) mass is 475 g/mol. The van der Waals surface area contributed by atoms with E-state index in [9.17, 15) is 22.8 Å². The van der Waals surface area contributed by atoms with Gasteiger partial charge in [-0.1, -0.05) is 6.07 Å². The van der Waals surface area contributed by atoms with Crippen molar-refractivity contribution in [3.05, 3.63) is 46.5 Å². The number of amides is 3. The molecule has 3 amide bonds. The van der Waals surface area contributed by atoms with Crippen LogP contribution in [0.3, 0.4) is 0 Å². The van der Waals surface area contributed by atoms with E-state index in [-0.39, 0.29) is 23.2 Å². The van der Waals surface area contributed by atoms with Crippen LogP contribution in [0.25, 0.3) is 10.2 Å². The summed E-state index contributed by atoms with van der Waals surface area (Å²) in [6.45, 7) is 2.95. The summed E-state index contributed by atoms with van der Waals surface area (Å²) >= 11 is 1.14. The number of aryl methyl sites for hydroxylation is 1. The number of pyridine rings is 1. The summed E-state index contributed by atoms with van der Waals surface area (Å²) in [5, 5.41) is 9.47. The van der Waals surface area contributed by atoms with Crippen LogP contribution in [-0.2, 0) is 6.18 Å². The van der Waals surface area contributed by atoms with E-state index in [0.717, 1.165) is 36.8 Å². The largest absolute Gasteiger partial charge is 0.416 e. The van der Waals surface area contributed by atoms with Gasteiger partial charge in [0.25, 0.3) is 5.91 Å². The van der Waals surface area contributed by atoms with Crippen molar-refractivity contribution in [2.45, 2.75) is 32.0 Å². The van der Waals surface area contributed by atoms with Crippen LogP contribution < -0.4 is 20.9 Å². The quantitative estimate of drug-likeness (QED) is 0.509. The minimum absolute atomic E-state index is 0.0137. The third-order valence-corrected chi connectivity index (χ3v) is 6.97. The van der Waals surface area contributed by atoms with E-state index in [1.54, 1.807) is 6.07 Å². The number of carbonyl (C=O) groups is 2. The molecule has 0 unspecified atom stereocenters. The van der Waals surface area contributed by atoms with Crippen LogP contribution in [0.1, 0.15) is 33.6 Å². The first-order chi connectivity index (χ1) is 15.7. The molecule has 2 aliphatic heterocycles. The lowest BCUT2D eigenvalue weighted by atomic mass is 10.1. The van der Waals surface area contributed by atoms with E-state index in [4.69, 9.17) is 0 Å². The van der Waals surface area contributed by atoms with Crippen LogP contribution in [0.5, 0.6) is 0 Å². The highest BCUT2D eigenvalue weighted by atomic mass is 32.1. The summed E-state index contributed by atoms with van der Waals surface area (Å²) < 4.78 is 40.4. The summed E-state index contributed by atoms with van der Waals surface area (Å²) in [6.07, 6.45) is -1.25. The maximum Gasteiger partial charge on any atom is 0.416 e. The van der Waals surface area contributed by atoms with Gasteiger partial charge < -0.3 is 16.0 Å². The Labute approximate surface area is 191 Å². The zero-order chi connectivity index (χ0) is 23.3. The molecule has 0 saturated carbocycles. The smallest absolute Gasteiger partial charge is 0.347 e. The van der Waals surface area contributed by atoms with E-state index >= 15 is 0 Å². The number of halogens is 3. The van der Waals surface area contributed by atoms with Gasteiger partial charge in [-0.25, -0.2) is 9.78 Å². The molecule has 7 nitrogen and oxygen atoms in total. The number of nitrogens with one attached hydrogen (secondary N) is 3. The Morgan fingerprint density at radius 1 is 1.30 bits per heavy atom. The molecule has 0 spiro atoms. The Morgan fingerprint density at radius 3 is 2.85 bits per heavy atom. The molecule has 1 saturated heterocycles. The minimum Gasteiger partial charge on any atom is -0.347 e. The van der Waals surface area contributed by atoms with Crippen molar-refractivity contribution in [3.8, 4) is 0 Å². The molecule has 4 heterocycles. The molecular formula is C22H20F3N5O2S. The average molecular weight is 475 g/mol. The Hall–Kier alpha value is -3.18. The lowest BCUT2D eigenvalue weighted by Crippen LogP contribution is -2.45. The van der Waals surface area contributed by atoms with Gasteiger partial charge in [0.2, 0.25) is 0 Å². The van der Waals surface area contributed by atoms with E-state index in [2.05, 4.69) is 20.9 Å². The van der Waals surface area contributed by atoms with Gasteiger partial charge in [0, 0.05) is 18.8 Å². The van der Waals surface area contributed by atoms with Gasteiger partial charge in [0.05, 0.1) is 28.0 Å². The van der Waals surface area contributed by atoms with Gasteiger partial charge in [0.15, 0.2) is 0 Å². The fourth-order valence-electron chi connectivity index (χ4n) is 4.28. The van der Waals surface area contributed by atoms with Crippen molar-refractivity contribution in [1.82, 2.24) is 15.6 Å². The van der Waals surface area contributed by atoms with E-state index in [1.807, 2.05) is 0 Å². The molecule has 1 aromatic carbocycles. The Bertz CT molecular complexity index is 1270. The van der Waals surface area contributed by atoms with E-state index in [1.165, 1.54) is 30.2 Å². The predicted octanol–water partition coefficient (Wildman–Crippen LogP) is 4.79. The van der Waals surface area contributed by atoms with Crippen molar-refractivity contribution < 1.29 is 22.8 Å². The summed E-state index contributed by atoms with van der Waals surface area (Å²) in [4.78, 5) is 32.4. The number of rotatable bonds is 3. The van der Waals surface area contributed by atoms with Crippen molar-refractivity contribution in [2.75, 3.05) is 23.3 Å². The first-order valence-corrected chi connectivity index (χ1v) is 11.3. The highest BCUT2D eigenvalue weighted by molar-refractivity contribution is 7.21. The molecule has 1 atom stereocenters. The number of nitrogens with zero attached hydrogens (tertiary/aromatic N) is 2. The number of hydrogen-bond donors (Lipinski definition) is 3. The summed E-state index contributed by atoms with van der Waals surface area (Å²) in [6, 6.07) is 4.68. The lowest BCUT2D eigenvalue weighted by molar-refractivity contribution is -0.138. The van der Waals surface area contributed by atoms with Crippen LogP contribution in [0.4, 0.5) is 35.0 Å². The number of urea groups is 1. The highest BCUT2D eigenvalue weighted by Gasteiger charge is 2.36. The molecular weight excluding hydrogens is 455 g/mol. The van der Waals surface area contributed by atoms with Crippen LogP contribution in [0.2, 0.25) is 0 Å². The van der Waals surface area contributed by atoms with Crippen LogP contribution >= 0.6 is 11.3 Å². The van der Waals surface area contributed by atoms with Crippen LogP contribution in [0, 0.1) is 6.92 Å². The number of carbonyl (C=O) groups excluding carboxylic acids is 2. The zero-order valence-electron chi connectivity index (χ0n) is 17.5. The standard InChI is InChI=1S/C22H20F3N5O2S/c1-11-4-5-13(9-14(11)22(23,24)25)30-15-6-8-27-20-16(15)17(29-21(30)32)18(33-20)19(31)28-12-3-2-7-26-10-12/h4-6,8-9,12,26H,2-3,7,10H2,1H3,(H,28,31)(H,29,32)/t12-/m1/s1. The maximum atomic E-state index is 13.5. The molecule has 5 rings (SSSR count). The number of thiophene rings is 1. The first kappa shape index (κ1) is 21.7. The fourth-order valence-corrected chi connectivity index (χ4v) is 5.30. The molecule has 3 aromatic rings. The number of hydrogen-bond acceptors (Lipinski definition) is 5. The van der Waals surface area contributed by atoms with E-state index in [0.29, 0.717) is 33.0 Å². The van der Waals surface area contributed by atoms with E-state index < -0.39 is 17.8 Å². The molecule has 0 bridgehead atoms. The molecule has 2 aliphatic rings. The van der Waals surface area contributed by atoms with Gasteiger partial charge in [0.1, 0.15) is 9.71 Å². The molecule has 3 N–H and O–H groups in total. The summed E-state index contributed by atoms with van der Waals surface area (Å²) in [7, 11) is 0. The fraction of sp³-hybridized carbons (Fsp3) is 0.318. The van der Waals surface area contributed by atoms with Crippen LogP contribution in [-0.4, -0.2) is 36.1 Å². The Kier molecular flexibility index (Phi) is 5.25. The number of alkyl halides is 3. The second kappa shape index (κ2) is 7.99. The molecule has 1 fully saturated rings. The van der Waals surface area contributed by atoms with Crippen molar-refractivity contribution >= 4 is 50.6 Å². The summed E-state index contributed by atoms with van der Waals surface area (Å²) in [5.74, 6) is -0.309. The number of anilines is 3. The molecule has 11 heteroatoms. The van der Waals surface area contributed by atoms with Crippen LogP contribution in [0.15, 0.2) is 30.5 Å². The van der Waals surface area contributed by atoms with Gasteiger partial charge in [-0.05, 0) is 50.1 Å². The molecule has 172 valence electrons. The highest BCUT2D eigenvalue weighted by Crippen LogP contribution is 2.46. The number of benzene rings is 1. The third-order valence-electron chi connectivity index (χ3n) is 5.87. The maximum absolute atomic E-state index is 13.5. The van der Waals surface area contributed by atoms with Crippen molar-refractivity contribution in [3.63, 3.8) is 0 Å². The molecule has 0 radical (unpaired) electrons. The lowest BCUT2D eigenvalue weighted by Gasteiger charge is -2.29. The zero-order valence-corrected chi connectivity index (χ0v) is 18.4. The second-order valence-corrected chi connectivity index (χ2v) is 9.09. The first-order valence-electron chi connectivity index (χ1n) is 10.5. The van der Waals surface area contributed by atoms with Gasteiger partial charge in [-0.2, -0.15) is 13.2 Å². The Morgan fingerprint density at radius 2 is 2.12 bits per heavy atom. The second-order valence-electron chi connectivity index (χ2n) is 8.10. The van der Waals surface area contributed by atoms with Gasteiger partial charge in [-0.3, -0.25) is 9.69 Å². The number of piperidine rings is 1. The van der Waals surface area contributed by atoms with Crippen molar-refractivity contribution in [1.29, 1.82) is 0 Å². The third kappa shape index (κ3) is 3.80. The predicted molar refractivity (Wildman–Crippen MR) is 120 cm³/mol. The van der Waals surface area contributed by atoms with Crippen molar-refractivity contribution in [2.24, 2.45) is 0 Å². The molecule has 0 aliphatic carbocycles. The van der Waals surface area contributed by atoms with Gasteiger partial charge >= 0.3 is 12.2 Å².